The molecule has 2 aliphatic rings. The predicted octanol–water partition coefficient (Wildman–Crippen LogP) is 1.17. The minimum atomic E-state index is -0.295. The van der Waals surface area contributed by atoms with Crippen molar-refractivity contribution in [3.63, 3.8) is 0 Å². The van der Waals surface area contributed by atoms with Crippen LogP contribution >= 0.6 is 0 Å². The maximum Gasteiger partial charge on any atom is 0.245 e. The zero-order valence-electron chi connectivity index (χ0n) is 13.5. The number of rotatable bonds is 3. The van der Waals surface area contributed by atoms with Crippen LogP contribution in [0.15, 0.2) is 30.3 Å². The molecule has 0 radical (unpaired) electrons. The van der Waals surface area contributed by atoms with Gasteiger partial charge in [0.05, 0.1) is 6.42 Å². The zero-order valence-corrected chi connectivity index (χ0v) is 13.5. The van der Waals surface area contributed by atoms with Crippen molar-refractivity contribution >= 4 is 11.8 Å². The molecule has 1 aromatic rings. The van der Waals surface area contributed by atoms with E-state index in [4.69, 9.17) is 5.73 Å². The summed E-state index contributed by atoms with van der Waals surface area (Å²) in [5.41, 5.74) is 6.98. The Balaban J connectivity index is 1.65. The summed E-state index contributed by atoms with van der Waals surface area (Å²) in [6.07, 6.45) is 3.97. The van der Waals surface area contributed by atoms with Gasteiger partial charge in [-0.15, -0.1) is 0 Å². The Morgan fingerprint density at radius 3 is 2.57 bits per heavy atom. The van der Waals surface area contributed by atoms with E-state index in [-0.39, 0.29) is 23.9 Å². The molecule has 5 heteroatoms. The molecule has 1 aromatic carbocycles. The molecule has 2 unspecified atom stereocenters. The average molecular weight is 315 g/mol. The van der Waals surface area contributed by atoms with Crippen LogP contribution in [-0.4, -0.2) is 53.3 Å². The Bertz CT molecular complexity index is 561. The highest BCUT2D eigenvalue weighted by Crippen LogP contribution is 2.22. The first-order valence-corrected chi connectivity index (χ1v) is 8.53. The largest absolute Gasteiger partial charge is 0.339 e. The molecular weight excluding hydrogens is 290 g/mol. The van der Waals surface area contributed by atoms with Gasteiger partial charge in [-0.3, -0.25) is 9.59 Å². The zero-order chi connectivity index (χ0) is 16.2. The van der Waals surface area contributed by atoms with Crippen molar-refractivity contribution in [1.29, 1.82) is 0 Å². The van der Waals surface area contributed by atoms with E-state index in [1.807, 2.05) is 35.2 Å². The van der Waals surface area contributed by atoms with Crippen LogP contribution in [0.4, 0.5) is 0 Å². The Morgan fingerprint density at radius 2 is 1.83 bits per heavy atom. The monoisotopic (exact) mass is 315 g/mol. The predicted molar refractivity (Wildman–Crippen MR) is 88.7 cm³/mol. The summed E-state index contributed by atoms with van der Waals surface area (Å²) in [5.74, 6) is 0.132. The molecule has 2 fully saturated rings. The van der Waals surface area contributed by atoms with Gasteiger partial charge in [0, 0.05) is 25.7 Å². The van der Waals surface area contributed by atoms with E-state index in [0.29, 0.717) is 19.5 Å². The fraction of sp³-hybridized carbons (Fsp3) is 0.556. The SMILES string of the molecule is NC1CCCN(C(=O)C2CCCN2C(=O)Cc2ccccc2)C1. The highest BCUT2D eigenvalue weighted by Gasteiger charge is 2.37. The van der Waals surface area contributed by atoms with Gasteiger partial charge in [-0.25, -0.2) is 0 Å². The van der Waals surface area contributed by atoms with Crippen molar-refractivity contribution in [2.75, 3.05) is 19.6 Å². The van der Waals surface area contributed by atoms with Crippen LogP contribution < -0.4 is 5.73 Å². The first-order chi connectivity index (χ1) is 11.1. The molecule has 0 bridgehead atoms. The molecule has 3 rings (SSSR count). The second-order valence-electron chi connectivity index (χ2n) is 6.59. The van der Waals surface area contributed by atoms with Crippen molar-refractivity contribution in [2.24, 2.45) is 5.73 Å². The van der Waals surface area contributed by atoms with Gasteiger partial charge in [-0.05, 0) is 31.2 Å². The minimum absolute atomic E-state index is 0.0494. The second kappa shape index (κ2) is 7.13. The summed E-state index contributed by atoms with van der Waals surface area (Å²) in [6, 6.07) is 9.49. The number of benzene rings is 1. The number of carbonyl (C=O) groups excluding carboxylic acids is 2. The van der Waals surface area contributed by atoms with Crippen LogP contribution in [-0.2, 0) is 16.0 Å². The van der Waals surface area contributed by atoms with Gasteiger partial charge in [-0.1, -0.05) is 30.3 Å². The lowest BCUT2D eigenvalue weighted by Gasteiger charge is -2.35. The first kappa shape index (κ1) is 16.0. The second-order valence-corrected chi connectivity index (χ2v) is 6.59. The smallest absolute Gasteiger partial charge is 0.245 e. The van der Waals surface area contributed by atoms with Crippen molar-refractivity contribution in [2.45, 2.75) is 44.2 Å². The number of amides is 2. The summed E-state index contributed by atoms with van der Waals surface area (Å²) in [6.45, 7) is 2.07. The normalized spacial score (nSPS) is 24.7. The van der Waals surface area contributed by atoms with Crippen molar-refractivity contribution in [1.82, 2.24) is 9.80 Å². The average Bonchev–Trinajstić information content (AvgIpc) is 3.05. The standard InChI is InChI=1S/C18H25N3O2/c19-15-8-4-10-20(13-15)18(23)16-9-5-11-21(16)17(22)12-14-6-2-1-3-7-14/h1-3,6-7,15-16H,4-5,8-13,19H2. The molecule has 2 atom stereocenters. The van der Waals surface area contributed by atoms with Gasteiger partial charge in [0.25, 0.3) is 0 Å². The molecule has 124 valence electrons. The number of hydrogen-bond acceptors (Lipinski definition) is 3. The molecule has 0 spiro atoms. The Hall–Kier alpha value is -1.88. The lowest BCUT2D eigenvalue weighted by molar-refractivity contribution is -0.144. The molecule has 0 aliphatic carbocycles. The third-order valence-corrected chi connectivity index (χ3v) is 4.83. The molecule has 2 heterocycles. The summed E-state index contributed by atoms with van der Waals surface area (Å²) in [5, 5.41) is 0. The summed E-state index contributed by atoms with van der Waals surface area (Å²) < 4.78 is 0. The van der Waals surface area contributed by atoms with Crippen LogP contribution in [0.1, 0.15) is 31.2 Å². The highest BCUT2D eigenvalue weighted by molar-refractivity contribution is 5.89. The maximum absolute atomic E-state index is 12.8. The van der Waals surface area contributed by atoms with Gasteiger partial charge in [0.15, 0.2) is 0 Å². The van der Waals surface area contributed by atoms with E-state index in [9.17, 15) is 9.59 Å². The highest BCUT2D eigenvalue weighted by atomic mass is 16.2. The summed E-state index contributed by atoms with van der Waals surface area (Å²) >= 11 is 0. The van der Waals surface area contributed by atoms with Crippen molar-refractivity contribution in [3.8, 4) is 0 Å². The number of nitrogens with two attached hydrogens (primary N) is 1. The van der Waals surface area contributed by atoms with E-state index >= 15 is 0 Å². The third-order valence-electron chi connectivity index (χ3n) is 4.83. The first-order valence-electron chi connectivity index (χ1n) is 8.53. The Kier molecular flexibility index (Phi) is 4.96. The topological polar surface area (TPSA) is 66.6 Å². The fourth-order valence-corrected chi connectivity index (χ4v) is 3.61. The van der Waals surface area contributed by atoms with Gasteiger partial charge >= 0.3 is 0 Å². The number of carbonyl (C=O) groups is 2. The quantitative estimate of drug-likeness (QED) is 0.910. The van der Waals surface area contributed by atoms with Crippen LogP contribution in [0, 0.1) is 0 Å². The number of hydrogen-bond donors (Lipinski definition) is 1. The van der Waals surface area contributed by atoms with Crippen LogP contribution in [0.5, 0.6) is 0 Å². The van der Waals surface area contributed by atoms with Gasteiger partial charge in [0.2, 0.25) is 11.8 Å². The number of nitrogens with zero attached hydrogens (tertiary/aromatic N) is 2. The molecular formula is C18H25N3O2. The molecule has 2 N–H and O–H groups in total. The fourth-order valence-electron chi connectivity index (χ4n) is 3.61. The molecule has 2 saturated heterocycles. The van der Waals surface area contributed by atoms with Crippen LogP contribution in [0.25, 0.3) is 0 Å². The van der Waals surface area contributed by atoms with Gasteiger partial charge in [-0.2, -0.15) is 0 Å². The number of likely N-dealkylation sites (tertiary alicyclic amines) is 2. The van der Waals surface area contributed by atoms with E-state index in [1.165, 1.54) is 0 Å². The maximum atomic E-state index is 12.8. The van der Waals surface area contributed by atoms with Crippen LogP contribution in [0.2, 0.25) is 0 Å². The summed E-state index contributed by atoms with van der Waals surface area (Å²) in [4.78, 5) is 29.0. The van der Waals surface area contributed by atoms with E-state index in [0.717, 1.165) is 37.8 Å². The van der Waals surface area contributed by atoms with Crippen molar-refractivity contribution in [3.05, 3.63) is 35.9 Å². The van der Waals surface area contributed by atoms with E-state index < -0.39 is 0 Å². The molecule has 0 aromatic heterocycles. The van der Waals surface area contributed by atoms with E-state index in [2.05, 4.69) is 0 Å². The van der Waals surface area contributed by atoms with E-state index in [1.54, 1.807) is 4.90 Å². The summed E-state index contributed by atoms with van der Waals surface area (Å²) in [7, 11) is 0. The minimum Gasteiger partial charge on any atom is -0.339 e. The Morgan fingerprint density at radius 1 is 1.09 bits per heavy atom. The molecule has 5 nitrogen and oxygen atoms in total. The van der Waals surface area contributed by atoms with Crippen molar-refractivity contribution < 1.29 is 9.59 Å². The third kappa shape index (κ3) is 3.72. The molecule has 2 amide bonds. The van der Waals surface area contributed by atoms with Crippen LogP contribution in [0.3, 0.4) is 0 Å². The lowest BCUT2D eigenvalue weighted by Crippen LogP contribution is -2.53. The lowest BCUT2D eigenvalue weighted by atomic mass is 10.0. The van der Waals surface area contributed by atoms with Gasteiger partial charge < -0.3 is 15.5 Å². The van der Waals surface area contributed by atoms with Gasteiger partial charge in [0.1, 0.15) is 6.04 Å². The molecule has 2 aliphatic heterocycles. The number of piperidine rings is 1. The molecule has 0 saturated carbocycles. The molecule has 23 heavy (non-hydrogen) atoms. The Labute approximate surface area is 137 Å².